The van der Waals surface area contributed by atoms with Gasteiger partial charge in [0.1, 0.15) is 0 Å². The van der Waals surface area contributed by atoms with Gasteiger partial charge in [-0.25, -0.2) is 0 Å². The molecule has 1 fully saturated rings. The molecule has 6 nitrogen and oxygen atoms in total. The van der Waals surface area contributed by atoms with E-state index in [1.54, 1.807) is 12.4 Å². The zero-order valence-corrected chi connectivity index (χ0v) is 15.6. The molecule has 0 aromatic carbocycles. The minimum atomic E-state index is 0.155. The van der Waals surface area contributed by atoms with Gasteiger partial charge in [-0.1, -0.05) is 6.92 Å². The number of hydrogen-bond acceptors (Lipinski definition) is 4. The van der Waals surface area contributed by atoms with Crippen molar-refractivity contribution in [2.24, 2.45) is 11.8 Å². The molecule has 0 aliphatic heterocycles. The van der Waals surface area contributed by atoms with Crippen molar-refractivity contribution in [3.63, 3.8) is 0 Å². The summed E-state index contributed by atoms with van der Waals surface area (Å²) in [4.78, 5) is 20.6. The summed E-state index contributed by atoms with van der Waals surface area (Å²) in [6.07, 6.45) is 8.30. The highest BCUT2D eigenvalue weighted by atomic mass is 16.2. The summed E-state index contributed by atoms with van der Waals surface area (Å²) in [6.45, 7) is 5.26. The van der Waals surface area contributed by atoms with Gasteiger partial charge in [-0.3, -0.25) is 19.4 Å². The molecule has 1 aliphatic rings. The molecule has 1 N–H and O–H groups in total. The number of pyridine rings is 2. The van der Waals surface area contributed by atoms with E-state index in [0.29, 0.717) is 19.0 Å². The number of hydrogen-bond donors (Lipinski definition) is 1. The summed E-state index contributed by atoms with van der Waals surface area (Å²) < 4.78 is 1.94. The van der Waals surface area contributed by atoms with Crippen LogP contribution in [0.1, 0.15) is 19.0 Å². The van der Waals surface area contributed by atoms with Gasteiger partial charge in [0.25, 0.3) is 0 Å². The van der Waals surface area contributed by atoms with E-state index in [9.17, 15) is 4.79 Å². The molecule has 0 spiro atoms. The van der Waals surface area contributed by atoms with Crippen LogP contribution in [-0.2, 0) is 11.3 Å². The number of rotatable bonds is 6. The molecule has 4 rings (SSSR count). The second-order valence-electron chi connectivity index (χ2n) is 7.16. The molecule has 3 heterocycles. The van der Waals surface area contributed by atoms with E-state index in [1.807, 2.05) is 42.2 Å². The molecule has 1 amide bonds. The lowest BCUT2D eigenvalue weighted by atomic mass is 10.0. The van der Waals surface area contributed by atoms with Gasteiger partial charge >= 0.3 is 0 Å². The highest BCUT2D eigenvalue weighted by molar-refractivity contribution is 5.81. The van der Waals surface area contributed by atoms with Crippen LogP contribution in [0.25, 0.3) is 22.4 Å². The van der Waals surface area contributed by atoms with Crippen LogP contribution < -0.4 is 5.32 Å². The highest BCUT2D eigenvalue weighted by Gasteiger charge is 2.38. The molecular formula is C21H23N5O. The summed E-state index contributed by atoms with van der Waals surface area (Å²) >= 11 is 0. The van der Waals surface area contributed by atoms with Gasteiger partial charge in [0, 0.05) is 47.9 Å². The third-order valence-corrected chi connectivity index (χ3v) is 5.08. The van der Waals surface area contributed by atoms with Gasteiger partial charge in [-0.15, -0.1) is 0 Å². The summed E-state index contributed by atoms with van der Waals surface area (Å²) in [5.41, 5.74) is 5.07. The van der Waals surface area contributed by atoms with Gasteiger partial charge in [-0.2, -0.15) is 5.10 Å². The van der Waals surface area contributed by atoms with Crippen molar-refractivity contribution in [1.29, 1.82) is 0 Å². The van der Waals surface area contributed by atoms with Crippen molar-refractivity contribution in [2.45, 2.75) is 26.8 Å². The van der Waals surface area contributed by atoms with Crippen LogP contribution in [-0.4, -0.2) is 32.2 Å². The lowest BCUT2D eigenvalue weighted by Crippen LogP contribution is -2.29. The Kier molecular flexibility index (Phi) is 4.71. The Bertz CT molecular complexity index is 933. The zero-order valence-electron chi connectivity index (χ0n) is 15.6. The van der Waals surface area contributed by atoms with Crippen LogP contribution in [0.5, 0.6) is 0 Å². The SMILES string of the molecule is Cc1ccc(-c2c(-c3ccncc3)cnn2CCNC(=O)[C@H]2C[C@H]2C)cn1. The van der Waals surface area contributed by atoms with Gasteiger partial charge < -0.3 is 5.32 Å². The Morgan fingerprint density at radius 3 is 2.63 bits per heavy atom. The molecule has 0 bridgehead atoms. The molecule has 0 saturated heterocycles. The predicted octanol–water partition coefficient (Wildman–Crippen LogP) is 3.09. The molecule has 27 heavy (non-hydrogen) atoms. The third kappa shape index (κ3) is 3.74. The molecule has 0 unspecified atom stereocenters. The number of aryl methyl sites for hydroxylation is 1. The summed E-state index contributed by atoms with van der Waals surface area (Å²) in [5.74, 6) is 0.862. The summed E-state index contributed by atoms with van der Waals surface area (Å²) in [7, 11) is 0. The van der Waals surface area contributed by atoms with Crippen molar-refractivity contribution in [1.82, 2.24) is 25.1 Å². The van der Waals surface area contributed by atoms with Crippen LogP contribution >= 0.6 is 0 Å². The van der Waals surface area contributed by atoms with Crippen molar-refractivity contribution < 1.29 is 4.79 Å². The molecule has 138 valence electrons. The third-order valence-electron chi connectivity index (χ3n) is 5.08. The van der Waals surface area contributed by atoms with E-state index in [1.165, 1.54) is 0 Å². The van der Waals surface area contributed by atoms with E-state index < -0.39 is 0 Å². The number of amides is 1. The Morgan fingerprint density at radius 2 is 1.96 bits per heavy atom. The molecule has 0 radical (unpaired) electrons. The number of aromatic nitrogens is 4. The fraction of sp³-hybridized carbons (Fsp3) is 0.333. The van der Waals surface area contributed by atoms with Crippen LogP contribution in [0.3, 0.4) is 0 Å². The van der Waals surface area contributed by atoms with Gasteiger partial charge in [0.05, 0.1) is 18.4 Å². The van der Waals surface area contributed by atoms with Crippen LogP contribution in [0.15, 0.2) is 49.1 Å². The monoisotopic (exact) mass is 361 g/mol. The normalized spacial score (nSPS) is 18.3. The minimum Gasteiger partial charge on any atom is -0.354 e. The lowest BCUT2D eigenvalue weighted by molar-refractivity contribution is -0.122. The maximum absolute atomic E-state index is 12.1. The number of nitrogens with zero attached hydrogens (tertiary/aromatic N) is 4. The smallest absolute Gasteiger partial charge is 0.223 e. The standard InChI is InChI=1S/C21H23N5O/c1-14-11-18(14)21(27)23-9-10-26-20(17-4-3-15(2)24-12-17)19(13-25-26)16-5-7-22-8-6-16/h3-8,12-14,18H,9-11H2,1-2H3,(H,23,27)/t14-,18+/m1/s1. The van der Waals surface area contributed by atoms with E-state index in [2.05, 4.69) is 33.4 Å². The molecule has 1 aliphatic carbocycles. The first-order valence-corrected chi connectivity index (χ1v) is 9.30. The highest BCUT2D eigenvalue weighted by Crippen LogP contribution is 2.37. The molecule has 2 atom stereocenters. The van der Waals surface area contributed by atoms with Crippen molar-refractivity contribution >= 4 is 5.91 Å². The molecule has 3 aromatic heterocycles. The largest absolute Gasteiger partial charge is 0.354 e. The fourth-order valence-electron chi connectivity index (χ4n) is 3.31. The molecular weight excluding hydrogens is 338 g/mol. The Labute approximate surface area is 158 Å². The van der Waals surface area contributed by atoms with Crippen molar-refractivity contribution in [3.8, 4) is 22.4 Å². The average molecular weight is 361 g/mol. The van der Waals surface area contributed by atoms with Crippen molar-refractivity contribution in [3.05, 3.63) is 54.7 Å². The predicted molar refractivity (Wildman–Crippen MR) is 104 cm³/mol. The second-order valence-corrected chi connectivity index (χ2v) is 7.16. The first-order valence-electron chi connectivity index (χ1n) is 9.30. The quantitative estimate of drug-likeness (QED) is 0.732. The lowest BCUT2D eigenvalue weighted by Gasteiger charge is -2.11. The first kappa shape index (κ1) is 17.4. The minimum absolute atomic E-state index is 0.155. The summed E-state index contributed by atoms with van der Waals surface area (Å²) in [5, 5.41) is 7.62. The van der Waals surface area contributed by atoms with E-state index >= 15 is 0 Å². The molecule has 3 aromatic rings. The van der Waals surface area contributed by atoms with E-state index in [0.717, 1.165) is 34.5 Å². The molecule has 6 heteroatoms. The van der Waals surface area contributed by atoms with E-state index in [4.69, 9.17) is 0 Å². The second kappa shape index (κ2) is 7.31. The van der Waals surface area contributed by atoms with Crippen molar-refractivity contribution in [2.75, 3.05) is 6.54 Å². The van der Waals surface area contributed by atoms with Crippen LogP contribution in [0.4, 0.5) is 0 Å². The topological polar surface area (TPSA) is 72.7 Å². The fourth-order valence-corrected chi connectivity index (χ4v) is 3.31. The van der Waals surface area contributed by atoms with Gasteiger partial charge in [-0.05, 0) is 49.1 Å². The number of carbonyl (C=O) groups excluding carboxylic acids is 1. The van der Waals surface area contributed by atoms with Crippen LogP contribution in [0, 0.1) is 18.8 Å². The first-order chi connectivity index (χ1) is 13.1. The number of carbonyl (C=O) groups is 1. The number of nitrogens with one attached hydrogen (secondary N) is 1. The van der Waals surface area contributed by atoms with Crippen LogP contribution in [0.2, 0.25) is 0 Å². The maximum atomic E-state index is 12.1. The average Bonchev–Trinajstić information content (AvgIpc) is 3.27. The zero-order chi connectivity index (χ0) is 18.8. The summed E-state index contributed by atoms with van der Waals surface area (Å²) in [6, 6.07) is 8.01. The van der Waals surface area contributed by atoms with Gasteiger partial charge in [0.15, 0.2) is 0 Å². The van der Waals surface area contributed by atoms with Gasteiger partial charge in [0.2, 0.25) is 5.91 Å². The van der Waals surface area contributed by atoms with E-state index in [-0.39, 0.29) is 11.8 Å². The molecule has 1 saturated carbocycles. The maximum Gasteiger partial charge on any atom is 0.223 e. The Morgan fingerprint density at radius 1 is 1.19 bits per heavy atom. The Hall–Kier alpha value is -3.02. The Balaban J connectivity index is 1.60.